The van der Waals surface area contributed by atoms with E-state index in [1.165, 1.54) is 41.2 Å². The first-order valence-corrected chi connectivity index (χ1v) is 15.1. The summed E-state index contributed by atoms with van der Waals surface area (Å²) in [7, 11) is 1.49. The highest BCUT2D eigenvalue weighted by molar-refractivity contribution is 8.00. The molecule has 0 fully saturated rings. The van der Waals surface area contributed by atoms with E-state index >= 15 is 0 Å². The summed E-state index contributed by atoms with van der Waals surface area (Å²) in [5.41, 5.74) is 1.42. The van der Waals surface area contributed by atoms with Crippen LogP contribution in [-0.4, -0.2) is 45.7 Å². The summed E-state index contributed by atoms with van der Waals surface area (Å²) < 4.78 is 25.8. The first-order chi connectivity index (χ1) is 19.7. The zero-order chi connectivity index (χ0) is 29.3. The van der Waals surface area contributed by atoms with Gasteiger partial charge in [-0.25, -0.2) is 9.37 Å². The summed E-state index contributed by atoms with van der Waals surface area (Å²) >= 11 is 3.57. The number of Topliss-reactive ketones (excluding diaryl/α,β-unsaturated/α-hetero) is 1. The molecular formula is C28H25FN4O5S3. The molecule has 1 unspecified atom stereocenters. The van der Waals surface area contributed by atoms with Crippen LogP contribution in [0, 0.1) is 19.7 Å². The highest BCUT2D eigenvalue weighted by Gasteiger charge is 2.47. The van der Waals surface area contributed by atoms with Crippen LogP contribution in [0.1, 0.15) is 44.5 Å². The number of ketones is 1. The van der Waals surface area contributed by atoms with E-state index in [2.05, 4.69) is 15.2 Å². The predicted molar refractivity (Wildman–Crippen MR) is 156 cm³/mol. The number of carbonyl (C=O) groups is 2. The average Bonchev–Trinajstić information content (AvgIpc) is 3.63. The minimum absolute atomic E-state index is 0.0938. The van der Waals surface area contributed by atoms with Crippen molar-refractivity contribution < 1.29 is 28.6 Å². The van der Waals surface area contributed by atoms with Crippen molar-refractivity contribution >= 4 is 51.3 Å². The predicted octanol–water partition coefficient (Wildman–Crippen LogP) is 6.23. The number of aliphatic hydroxyl groups is 1. The lowest BCUT2D eigenvalue weighted by Gasteiger charge is -2.24. The molecule has 0 saturated carbocycles. The van der Waals surface area contributed by atoms with Crippen molar-refractivity contribution in [2.75, 3.05) is 18.6 Å². The van der Waals surface area contributed by atoms with Crippen molar-refractivity contribution in [3.05, 3.63) is 86.3 Å². The van der Waals surface area contributed by atoms with E-state index in [1.807, 2.05) is 6.92 Å². The van der Waals surface area contributed by atoms with E-state index < -0.39 is 23.5 Å². The normalized spacial score (nSPS) is 15.1. The number of hydrogen-bond acceptors (Lipinski definition) is 11. The Morgan fingerprint density at radius 1 is 1.15 bits per heavy atom. The molecule has 0 aliphatic carbocycles. The second-order valence-corrected chi connectivity index (χ2v) is 12.3. The summed E-state index contributed by atoms with van der Waals surface area (Å²) in [5.74, 6) is -1.08. The molecule has 1 aliphatic rings. The number of aryl methyl sites for hydroxylation is 2. The minimum Gasteiger partial charge on any atom is -0.503 e. The van der Waals surface area contributed by atoms with E-state index in [0.29, 0.717) is 54.9 Å². The van der Waals surface area contributed by atoms with Gasteiger partial charge in [0.25, 0.3) is 5.91 Å². The summed E-state index contributed by atoms with van der Waals surface area (Å²) in [6, 6.07) is 10.5. The number of ether oxygens (including phenoxy) is 2. The number of methoxy groups -OCH3 is 1. The molecule has 2 aromatic carbocycles. The van der Waals surface area contributed by atoms with Crippen molar-refractivity contribution in [3.8, 4) is 11.5 Å². The largest absolute Gasteiger partial charge is 0.503 e. The number of carbonyl (C=O) groups excluding carboxylic acids is 2. The van der Waals surface area contributed by atoms with Gasteiger partial charge in [0.05, 0.1) is 40.9 Å². The van der Waals surface area contributed by atoms with E-state index in [-0.39, 0.29) is 16.5 Å². The SMILES string of the molecule is CCOc1ccc(C2C(C(=O)c3sc(C)nc3C)=C(O)C(=O)N2c2nnc(SCc3ccccc3F)s2)cc1OC. The van der Waals surface area contributed by atoms with E-state index in [1.54, 1.807) is 50.2 Å². The van der Waals surface area contributed by atoms with Crippen LogP contribution in [-0.2, 0) is 10.5 Å². The summed E-state index contributed by atoms with van der Waals surface area (Å²) in [4.78, 5) is 33.4. The fraction of sp³-hybridized carbons (Fsp3) is 0.250. The highest BCUT2D eigenvalue weighted by atomic mass is 32.2. The third kappa shape index (κ3) is 5.56. The van der Waals surface area contributed by atoms with Gasteiger partial charge < -0.3 is 14.6 Å². The number of thioether (sulfide) groups is 1. The molecule has 5 rings (SSSR count). The van der Waals surface area contributed by atoms with Gasteiger partial charge in [0.1, 0.15) is 5.82 Å². The number of anilines is 1. The topological polar surface area (TPSA) is 115 Å². The van der Waals surface area contributed by atoms with Crippen molar-refractivity contribution in [2.45, 2.75) is 36.9 Å². The number of nitrogens with zero attached hydrogens (tertiary/aromatic N) is 4. The Balaban J connectivity index is 1.55. The van der Waals surface area contributed by atoms with Gasteiger partial charge in [0, 0.05) is 5.75 Å². The van der Waals surface area contributed by atoms with E-state index in [4.69, 9.17) is 9.47 Å². The maximum Gasteiger partial charge on any atom is 0.296 e. The molecule has 0 bridgehead atoms. The second-order valence-electron chi connectivity index (χ2n) is 8.89. The van der Waals surface area contributed by atoms with Gasteiger partial charge in [-0.2, -0.15) is 0 Å². The molecule has 9 nitrogen and oxygen atoms in total. The molecule has 1 aliphatic heterocycles. The molecule has 212 valence electrons. The lowest BCUT2D eigenvalue weighted by atomic mass is 9.95. The summed E-state index contributed by atoms with van der Waals surface area (Å²) in [6.45, 7) is 5.75. The first-order valence-electron chi connectivity index (χ1n) is 12.5. The lowest BCUT2D eigenvalue weighted by molar-refractivity contribution is -0.117. The van der Waals surface area contributed by atoms with Crippen LogP contribution in [0.2, 0.25) is 0 Å². The van der Waals surface area contributed by atoms with Crippen LogP contribution in [0.4, 0.5) is 9.52 Å². The molecule has 2 aromatic heterocycles. The summed E-state index contributed by atoms with van der Waals surface area (Å²) in [6.07, 6.45) is 0. The molecule has 1 amide bonds. The smallest absolute Gasteiger partial charge is 0.296 e. The molecule has 1 N–H and O–H groups in total. The molecule has 0 radical (unpaired) electrons. The minimum atomic E-state index is -1.03. The number of amides is 1. The number of halogens is 1. The molecule has 0 saturated heterocycles. The Kier molecular flexibility index (Phi) is 8.38. The van der Waals surface area contributed by atoms with Gasteiger partial charge in [-0.15, -0.1) is 21.5 Å². The van der Waals surface area contributed by atoms with Crippen molar-refractivity contribution in [1.29, 1.82) is 0 Å². The molecule has 4 aromatic rings. The van der Waals surface area contributed by atoms with Crippen molar-refractivity contribution in [1.82, 2.24) is 15.2 Å². The van der Waals surface area contributed by atoms with Crippen LogP contribution in [0.15, 0.2) is 58.1 Å². The molecular weight excluding hydrogens is 588 g/mol. The summed E-state index contributed by atoms with van der Waals surface area (Å²) in [5, 5.41) is 20.4. The monoisotopic (exact) mass is 612 g/mol. The van der Waals surface area contributed by atoms with Crippen molar-refractivity contribution in [3.63, 3.8) is 0 Å². The zero-order valence-electron chi connectivity index (χ0n) is 22.5. The van der Waals surface area contributed by atoms with Crippen LogP contribution in [0.3, 0.4) is 0 Å². The van der Waals surface area contributed by atoms with Gasteiger partial charge in [0.15, 0.2) is 21.6 Å². The molecule has 3 heterocycles. The zero-order valence-corrected chi connectivity index (χ0v) is 25.0. The Labute approximate surface area is 247 Å². The van der Waals surface area contributed by atoms with Crippen LogP contribution < -0.4 is 14.4 Å². The maximum absolute atomic E-state index is 14.1. The van der Waals surface area contributed by atoms with Gasteiger partial charge in [0.2, 0.25) is 10.9 Å². The molecule has 0 spiro atoms. The quantitative estimate of drug-likeness (QED) is 0.126. The van der Waals surface area contributed by atoms with Gasteiger partial charge in [-0.3, -0.25) is 14.5 Å². The van der Waals surface area contributed by atoms with Crippen LogP contribution in [0.25, 0.3) is 0 Å². The second kappa shape index (κ2) is 12.0. The number of thiazole rings is 1. The third-order valence-electron chi connectivity index (χ3n) is 6.28. The highest BCUT2D eigenvalue weighted by Crippen LogP contribution is 2.46. The number of benzene rings is 2. The fourth-order valence-electron chi connectivity index (χ4n) is 4.46. The maximum atomic E-state index is 14.1. The van der Waals surface area contributed by atoms with E-state index in [9.17, 15) is 19.1 Å². The van der Waals surface area contributed by atoms with Gasteiger partial charge in [-0.1, -0.05) is 47.4 Å². The van der Waals surface area contributed by atoms with Crippen LogP contribution >= 0.6 is 34.4 Å². The Morgan fingerprint density at radius 3 is 2.61 bits per heavy atom. The average molecular weight is 613 g/mol. The van der Waals surface area contributed by atoms with Crippen LogP contribution in [0.5, 0.6) is 11.5 Å². The Morgan fingerprint density at radius 2 is 1.93 bits per heavy atom. The molecule has 13 heteroatoms. The van der Waals surface area contributed by atoms with E-state index in [0.717, 1.165) is 11.3 Å². The first kappa shape index (κ1) is 28.7. The Bertz CT molecular complexity index is 1670. The van der Waals surface area contributed by atoms with Crippen molar-refractivity contribution in [2.24, 2.45) is 0 Å². The Hall–Kier alpha value is -3.81. The van der Waals surface area contributed by atoms with Gasteiger partial charge in [-0.05, 0) is 50.1 Å². The van der Waals surface area contributed by atoms with Gasteiger partial charge >= 0.3 is 0 Å². The number of hydrogen-bond donors (Lipinski definition) is 1. The number of rotatable bonds is 10. The molecule has 41 heavy (non-hydrogen) atoms. The lowest BCUT2D eigenvalue weighted by Crippen LogP contribution is -2.31. The third-order valence-corrected chi connectivity index (χ3v) is 9.45. The standard InChI is InChI=1S/C28H25FN4O5S3/c1-5-38-19-11-10-16(12-20(19)37-4)22-21(23(34)25-14(2)30-15(3)40-25)24(35)26(36)33(22)27-31-32-28(41-27)39-13-17-8-6-7-9-18(17)29/h6-12,22,35H,5,13H2,1-4H3. The fourth-order valence-corrected chi connectivity index (χ4v) is 7.18. The number of aliphatic hydroxyl groups excluding tert-OH is 1. The molecule has 1 atom stereocenters. The number of aromatic nitrogens is 3.